The third-order valence-electron chi connectivity index (χ3n) is 3.24. The van der Waals surface area contributed by atoms with Crippen molar-refractivity contribution in [1.29, 1.82) is 0 Å². The summed E-state index contributed by atoms with van der Waals surface area (Å²) in [5.74, 6) is 1.78. The molecule has 0 aromatic heterocycles. The van der Waals surface area contributed by atoms with Gasteiger partial charge in [-0.1, -0.05) is 18.2 Å². The summed E-state index contributed by atoms with van der Waals surface area (Å²) in [4.78, 5) is 0. The Morgan fingerprint density at radius 2 is 1.89 bits per heavy atom. The van der Waals surface area contributed by atoms with E-state index in [1.165, 1.54) is 16.3 Å². The van der Waals surface area contributed by atoms with E-state index in [9.17, 15) is 0 Å². The van der Waals surface area contributed by atoms with Crippen LogP contribution in [0.2, 0.25) is 0 Å². The van der Waals surface area contributed by atoms with Crippen LogP contribution in [0.25, 0.3) is 10.8 Å². The van der Waals surface area contributed by atoms with Crippen molar-refractivity contribution in [2.45, 2.75) is 12.5 Å². The molecule has 0 aliphatic heterocycles. The normalized spacial score (nSPS) is 12.6. The maximum absolute atomic E-state index is 5.24. The van der Waals surface area contributed by atoms with Gasteiger partial charge in [0.1, 0.15) is 5.75 Å². The van der Waals surface area contributed by atoms with Crippen molar-refractivity contribution in [2.75, 3.05) is 19.9 Å². The van der Waals surface area contributed by atoms with Crippen LogP contribution in [0.4, 0.5) is 0 Å². The minimum absolute atomic E-state index is 0.369. The molecular weight excluding hydrogens is 242 g/mol. The highest BCUT2D eigenvalue weighted by atomic mass is 32.1. The van der Waals surface area contributed by atoms with Gasteiger partial charge in [-0.25, -0.2) is 0 Å². The first-order valence-corrected chi connectivity index (χ1v) is 6.77. The molecule has 0 spiro atoms. The molecule has 1 unspecified atom stereocenters. The average molecular weight is 261 g/mol. The largest absolute Gasteiger partial charge is 0.497 e. The Morgan fingerprint density at radius 3 is 2.56 bits per heavy atom. The van der Waals surface area contributed by atoms with E-state index in [1.807, 2.05) is 13.1 Å². The van der Waals surface area contributed by atoms with E-state index < -0.39 is 0 Å². The molecule has 0 heterocycles. The van der Waals surface area contributed by atoms with E-state index in [2.05, 4.69) is 48.3 Å². The Morgan fingerprint density at radius 1 is 1.17 bits per heavy atom. The lowest BCUT2D eigenvalue weighted by molar-refractivity contribution is 0.415. The molecule has 0 amide bonds. The van der Waals surface area contributed by atoms with Gasteiger partial charge >= 0.3 is 0 Å². The summed E-state index contributed by atoms with van der Waals surface area (Å²) in [5, 5.41) is 5.78. The predicted molar refractivity (Wildman–Crippen MR) is 80.8 cm³/mol. The minimum Gasteiger partial charge on any atom is -0.497 e. The SMILES string of the molecule is CNC(CCS)c1ccc2cc(OC)ccc2c1. The predicted octanol–water partition coefficient (Wildman–Crippen LogP) is 3.43. The molecule has 96 valence electrons. The molecule has 0 radical (unpaired) electrons. The number of hydrogen-bond donors (Lipinski definition) is 2. The number of hydrogen-bond acceptors (Lipinski definition) is 3. The molecule has 1 N–H and O–H groups in total. The summed E-state index contributed by atoms with van der Waals surface area (Å²) in [6.07, 6.45) is 1.03. The molecule has 0 bridgehead atoms. The summed E-state index contributed by atoms with van der Waals surface area (Å²) in [6, 6.07) is 13.1. The molecule has 0 fully saturated rings. The second-order valence-electron chi connectivity index (χ2n) is 4.33. The Hall–Kier alpha value is -1.19. The van der Waals surface area contributed by atoms with Gasteiger partial charge in [0.25, 0.3) is 0 Å². The highest BCUT2D eigenvalue weighted by Gasteiger charge is 2.08. The van der Waals surface area contributed by atoms with E-state index >= 15 is 0 Å². The summed E-state index contributed by atoms with van der Waals surface area (Å²) in [7, 11) is 3.69. The molecule has 0 aliphatic carbocycles. The Bertz CT molecular complexity index is 527. The average Bonchev–Trinajstić information content (AvgIpc) is 2.43. The molecule has 2 aromatic rings. The number of benzene rings is 2. The lowest BCUT2D eigenvalue weighted by Crippen LogP contribution is -2.16. The molecule has 2 rings (SSSR count). The van der Waals surface area contributed by atoms with E-state index in [0.29, 0.717) is 6.04 Å². The zero-order valence-electron chi connectivity index (χ0n) is 10.8. The summed E-state index contributed by atoms with van der Waals surface area (Å²) in [5.41, 5.74) is 1.31. The number of ether oxygens (including phenoxy) is 1. The van der Waals surface area contributed by atoms with E-state index in [-0.39, 0.29) is 0 Å². The number of nitrogens with one attached hydrogen (secondary N) is 1. The fraction of sp³-hybridized carbons (Fsp3) is 0.333. The van der Waals surface area contributed by atoms with E-state index in [0.717, 1.165) is 17.9 Å². The Labute approximate surface area is 114 Å². The van der Waals surface area contributed by atoms with Gasteiger partial charge in [0, 0.05) is 6.04 Å². The third-order valence-corrected chi connectivity index (χ3v) is 3.50. The van der Waals surface area contributed by atoms with Gasteiger partial charge in [-0.05, 0) is 53.8 Å². The molecule has 0 saturated carbocycles. The van der Waals surface area contributed by atoms with Crippen molar-refractivity contribution < 1.29 is 4.74 Å². The van der Waals surface area contributed by atoms with Gasteiger partial charge in [-0.15, -0.1) is 0 Å². The van der Waals surface area contributed by atoms with Crippen LogP contribution >= 0.6 is 12.6 Å². The first-order chi connectivity index (χ1) is 8.78. The van der Waals surface area contributed by atoms with Crippen LogP contribution < -0.4 is 10.1 Å². The lowest BCUT2D eigenvalue weighted by atomic mass is 10.0. The van der Waals surface area contributed by atoms with Crippen molar-refractivity contribution in [3.63, 3.8) is 0 Å². The van der Waals surface area contributed by atoms with Crippen LogP contribution in [0.15, 0.2) is 36.4 Å². The Balaban J connectivity index is 2.37. The minimum atomic E-state index is 0.369. The summed E-state index contributed by atoms with van der Waals surface area (Å²) >= 11 is 4.31. The van der Waals surface area contributed by atoms with Crippen LogP contribution in [0.1, 0.15) is 18.0 Å². The molecule has 1 atom stereocenters. The molecular formula is C15H19NOS. The highest BCUT2D eigenvalue weighted by Crippen LogP contribution is 2.25. The molecule has 2 aromatic carbocycles. The van der Waals surface area contributed by atoms with Crippen molar-refractivity contribution in [3.8, 4) is 5.75 Å². The Kier molecular flexibility index (Phi) is 4.50. The first-order valence-electron chi connectivity index (χ1n) is 6.14. The van der Waals surface area contributed by atoms with Crippen molar-refractivity contribution in [2.24, 2.45) is 0 Å². The van der Waals surface area contributed by atoms with E-state index in [4.69, 9.17) is 4.74 Å². The maximum Gasteiger partial charge on any atom is 0.119 e. The van der Waals surface area contributed by atoms with Crippen LogP contribution in [-0.2, 0) is 0 Å². The number of fused-ring (bicyclic) bond motifs is 1. The van der Waals surface area contributed by atoms with Crippen LogP contribution in [0.3, 0.4) is 0 Å². The van der Waals surface area contributed by atoms with E-state index in [1.54, 1.807) is 7.11 Å². The third kappa shape index (κ3) is 2.79. The van der Waals surface area contributed by atoms with Gasteiger partial charge in [0.2, 0.25) is 0 Å². The standard InChI is InChI=1S/C15H19NOS/c1-16-15(7-8-18)13-4-3-12-10-14(17-2)6-5-11(12)9-13/h3-6,9-10,15-16,18H,7-8H2,1-2H3. The van der Waals surface area contributed by atoms with Gasteiger partial charge < -0.3 is 10.1 Å². The monoisotopic (exact) mass is 261 g/mol. The first kappa shape index (κ1) is 13.2. The molecule has 0 saturated heterocycles. The molecule has 0 aliphatic rings. The molecule has 18 heavy (non-hydrogen) atoms. The quantitative estimate of drug-likeness (QED) is 0.805. The zero-order chi connectivity index (χ0) is 13.0. The number of methoxy groups -OCH3 is 1. The second kappa shape index (κ2) is 6.12. The van der Waals surface area contributed by atoms with Gasteiger partial charge in [-0.3, -0.25) is 0 Å². The van der Waals surface area contributed by atoms with Crippen molar-refractivity contribution >= 4 is 23.4 Å². The maximum atomic E-state index is 5.24. The fourth-order valence-corrected chi connectivity index (χ4v) is 2.45. The van der Waals surface area contributed by atoms with Crippen LogP contribution in [0, 0.1) is 0 Å². The van der Waals surface area contributed by atoms with Crippen molar-refractivity contribution in [1.82, 2.24) is 5.32 Å². The topological polar surface area (TPSA) is 21.3 Å². The van der Waals surface area contributed by atoms with Gasteiger partial charge in [0.15, 0.2) is 0 Å². The lowest BCUT2D eigenvalue weighted by Gasteiger charge is -2.16. The van der Waals surface area contributed by atoms with Crippen molar-refractivity contribution in [3.05, 3.63) is 42.0 Å². The smallest absolute Gasteiger partial charge is 0.119 e. The number of rotatable bonds is 5. The second-order valence-corrected chi connectivity index (χ2v) is 4.77. The highest BCUT2D eigenvalue weighted by molar-refractivity contribution is 7.80. The van der Waals surface area contributed by atoms with Gasteiger partial charge in [0.05, 0.1) is 7.11 Å². The summed E-state index contributed by atoms with van der Waals surface area (Å²) < 4.78 is 5.24. The molecule has 2 nitrogen and oxygen atoms in total. The number of thiol groups is 1. The van der Waals surface area contributed by atoms with Crippen LogP contribution in [0.5, 0.6) is 5.75 Å². The summed E-state index contributed by atoms with van der Waals surface area (Å²) in [6.45, 7) is 0. The van der Waals surface area contributed by atoms with Crippen LogP contribution in [-0.4, -0.2) is 19.9 Å². The molecule has 3 heteroatoms. The zero-order valence-corrected chi connectivity index (χ0v) is 11.7. The fourth-order valence-electron chi connectivity index (χ4n) is 2.19. The van der Waals surface area contributed by atoms with Gasteiger partial charge in [-0.2, -0.15) is 12.6 Å².